The van der Waals surface area contributed by atoms with Crippen LogP contribution in [0.5, 0.6) is 11.5 Å². The molecule has 1 atom stereocenters. The van der Waals surface area contributed by atoms with Crippen LogP contribution in [0.15, 0.2) is 18.2 Å². The molecule has 11 heteroatoms. The molecule has 1 aromatic rings. The van der Waals surface area contributed by atoms with Crippen LogP contribution in [0.2, 0.25) is 0 Å². The van der Waals surface area contributed by atoms with Gasteiger partial charge in [-0.3, -0.25) is 14.4 Å². The molecule has 0 amide bonds. The topological polar surface area (TPSA) is 230 Å². The van der Waals surface area contributed by atoms with Gasteiger partial charge in [-0.15, -0.1) is 0 Å². The largest absolute Gasteiger partial charge is 0.504 e. The van der Waals surface area contributed by atoms with Gasteiger partial charge in [0.2, 0.25) is 0 Å². The average molecular weight is 379 g/mol. The second kappa shape index (κ2) is 14.5. The Morgan fingerprint density at radius 2 is 1.65 bits per heavy atom. The van der Waals surface area contributed by atoms with Crippen molar-refractivity contribution in [2.24, 2.45) is 5.73 Å². The molecule has 0 heterocycles. The van der Waals surface area contributed by atoms with Crippen LogP contribution in [-0.2, 0) is 25.5 Å². The van der Waals surface area contributed by atoms with Gasteiger partial charge in [-0.25, -0.2) is 0 Å². The fraction of sp³-hybridized carbons (Fsp3) is 0.400. The second-order valence-electron chi connectivity index (χ2n) is 4.67. The number of aromatic hydroxyl groups is 2. The molecule has 150 valence electrons. The van der Waals surface area contributed by atoms with E-state index in [1.807, 2.05) is 0 Å². The van der Waals surface area contributed by atoms with Gasteiger partial charge in [0.25, 0.3) is 0 Å². The number of aliphatic carboxylic acids is 2. The highest BCUT2D eigenvalue weighted by Gasteiger charge is 2.12. The van der Waals surface area contributed by atoms with Crippen molar-refractivity contribution in [1.29, 1.82) is 0 Å². The highest BCUT2D eigenvalue weighted by molar-refractivity contribution is 5.76. The highest BCUT2D eigenvalue weighted by Crippen LogP contribution is 2.25. The molecule has 0 unspecified atom stereocenters. The predicted octanol–water partition coefficient (Wildman–Crippen LogP) is -1.18. The molecule has 0 aliphatic carbocycles. The van der Waals surface area contributed by atoms with E-state index in [0.29, 0.717) is 12.2 Å². The first kappa shape index (κ1) is 27.9. The average Bonchev–Trinajstić information content (AvgIpc) is 2.50. The van der Waals surface area contributed by atoms with Crippen molar-refractivity contribution in [2.45, 2.75) is 32.2 Å². The summed E-state index contributed by atoms with van der Waals surface area (Å²) in [5, 5.41) is 34.8. The third-order valence-electron chi connectivity index (χ3n) is 2.66. The molecule has 0 aromatic heterocycles. The summed E-state index contributed by atoms with van der Waals surface area (Å²) in [6.07, 6.45) is -0.0782. The number of benzene rings is 1. The number of carboxylic acids is 2. The number of phenols is 2. The maximum atomic E-state index is 10.5. The van der Waals surface area contributed by atoms with E-state index in [2.05, 4.69) is 4.74 Å². The molecule has 0 spiro atoms. The van der Waals surface area contributed by atoms with Gasteiger partial charge in [-0.1, -0.05) is 6.07 Å². The van der Waals surface area contributed by atoms with Crippen molar-refractivity contribution in [3.05, 3.63) is 23.8 Å². The normalized spacial score (nSPS) is 10.1. The van der Waals surface area contributed by atoms with E-state index in [-0.39, 0.29) is 41.7 Å². The summed E-state index contributed by atoms with van der Waals surface area (Å²) >= 11 is 0. The van der Waals surface area contributed by atoms with Crippen molar-refractivity contribution in [3.8, 4) is 11.5 Å². The summed E-state index contributed by atoms with van der Waals surface area (Å²) in [5.74, 6) is -3.05. The molecular weight excluding hydrogens is 354 g/mol. The van der Waals surface area contributed by atoms with Crippen LogP contribution in [-0.4, -0.2) is 61.9 Å². The minimum Gasteiger partial charge on any atom is -0.504 e. The summed E-state index contributed by atoms with van der Waals surface area (Å²) in [4.78, 5) is 30.8. The van der Waals surface area contributed by atoms with Crippen molar-refractivity contribution in [3.63, 3.8) is 0 Å². The van der Waals surface area contributed by atoms with Gasteiger partial charge >= 0.3 is 17.9 Å². The second-order valence-corrected chi connectivity index (χ2v) is 4.67. The van der Waals surface area contributed by atoms with Crippen molar-refractivity contribution >= 4 is 17.9 Å². The van der Waals surface area contributed by atoms with Gasteiger partial charge in [-0.2, -0.15) is 0 Å². The predicted molar refractivity (Wildman–Crippen MR) is 89.8 cm³/mol. The Morgan fingerprint density at radius 3 is 2.08 bits per heavy atom. The van der Waals surface area contributed by atoms with Crippen molar-refractivity contribution < 1.29 is 50.5 Å². The summed E-state index contributed by atoms with van der Waals surface area (Å²) in [6.45, 7) is 1.98. The van der Waals surface area contributed by atoms with Gasteiger partial charge in [0.05, 0.1) is 19.4 Å². The quantitative estimate of drug-likeness (QED) is 0.283. The molecule has 0 fully saturated rings. The van der Waals surface area contributed by atoms with Crippen LogP contribution in [0.1, 0.15) is 25.3 Å². The number of ether oxygens (including phenoxy) is 1. The first-order chi connectivity index (χ1) is 11.2. The summed E-state index contributed by atoms with van der Waals surface area (Å²) < 4.78 is 4.49. The first-order valence-electron chi connectivity index (χ1n) is 7.04. The fourth-order valence-electron chi connectivity index (χ4n) is 1.48. The lowest BCUT2D eigenvalue weighted by Gasteiger charge is -2.06. The van der Waals surface area contributed by atoms with Gasteiger partial charge in [0.15, 0.2) is 11.5 Å². The number of phenolic OH excluding ortho intramolecular Hbond substituents is 2. The lowest BCUT2D eigenvalue weighted by Crippen LogP contribution is -2.32. The van der Waals surface area contributed by atoms with Gasteiger partial charge < -0.3 is 41.8 Å². The zero-order chi connectivity index (χ0) is 18.7. The third kappa shape index (κ3) is 12.5. The SMILES string of the molecule is CCOC(=O)CCC(=O)O.N[C@@H](Cc1ccc(O)c(O)c1)C(=O)O.O.O. The maximum absolute atomic E-state index is 10.5. The van der Waals surface area contributed by atoms with Gasteiger partial charge in [-0.05, 0) is 31.0 Å². The Morgan fingerprint density at radius 1 is 1.08 bits per heavy atom. The van der Waals surface area contributed by atoms with E-state index in [1.165, 1.54) is 18.2 Å². The number of hydrogen-bond donors (Lipinski definition) is 5. The zero-order valence-electron chi connectivity index (χ0n) is 14.1. The minimum absolute atomic E-state index is 0. The Balaban J connectivity index is -0.000000398. The number of rotatable bonds is 7. The molecule has 1 aromatic carbocycles. The van der Waals surface area contributed by atoms with Crippen LogP contribution >= 0.6 is 0 Å². The Labute approximate surface area is 149 Å². The third-order valence-corrected chi connectivity index (χ3v) is 2.66. The molecule has 0 aliphatic heterocycles. The van der Waals surface area contributed by atoms with Crippen molar-refractivity contribution in [2.75, 3.05) is 6.61 Å². The van der Waals surface area contributed by atoms with Crippen LogP contribution in [0.25, 0.3) is 0 Å². The molecule has 26 heavy (non-hydrogen) atoms. The summed E-state index contributed by atoms with van der Waals surface area (Å²) in [6, 6.07) is 3.09. The van der Waals surface area contributed by atoms with Crippen molar-refractivity contribution in [1.82, 2.24) is 0 Å². The monoisotopic (exact) mass is 379 g/mol. The first-order valence-corrected chi connectivity index (χ1v) is 7.04. The smallest absolute Gasteiger partial charge is 0.320 e. The number of carbonyl (C=O) groups is 3. The zero-order valence-corrected chi connectivity index (χ0v) is 14.1. The van der Waals surface area contributed by atoms with Crippen LogP contribution in [0.3, 0.4) is 0 Å². The molecule has 0 radical (unpaired) electrons. The summed E-state index contributed by atoms with van der Waals surface area (Å²) in [5.41, 5.74) is 5.86. The molecule has 1 rings (SSSR count). The number of carboxylic acid groups (broad SMARTS) is 2. The number of hydrogen-bond acceptors (Lipinski definition) is 7. The molecule has 11 nitrogen and oxygen atoms in total. The van der Waals surface area contributed by atoms with Gasteiger partial charge in [0.1, 0.15) is 6.04 Å². The molecule has 0 aliphatic rings. The standard InChI is InChI=1S/C9H11NO4.C6H10O4.2H2O/c10-6(9(13)14)3-5-1-2-7(11)8(12)4-5;1-2-10-6(9)4-3-5(7)8;;/h1-2,4,6,11-12H,3,10H2,(H,13,14);2-4H2,1H3,(H,7,8);2*1H2/t6-;;;/m0.../s1. The Bertz CT molecular complexity index is 576. The van der Waals surface area contributed by atoms with E-state index >= 15 is 0 Å². The van der Waals surface area contributed by atoms with E-state index in [4.69, 9.17) is 26.2 Å². The number of nitrogens with two attached hydrogens (primary N) is 1. The number of esters is 1. The van der Waals surface area contributed by atoms with Crippen LogP contribution in [0, 0.1) is 0 Å². The van der Waals surface area contributed by atoms with E-state index in [1.54, 1.807) is 6.92 Å². The molecule has 0 saturated heterocycles. The Hall–Kier alpha value is -2.89. The molecular formula is C15H25NO10. The maximum Gasteiger partial charge on any atom is 0.320 e. The lowest BCUT2D eigenvalue weighted by molar-refractivity contribution is -0.147. The molecule has 0 saturated carbocycles. The van der Waals surface area contributed by atoms with E-state index in [0.717, 1.165) is 0 Å². The minimum atomic E-state index is -1.10. The Kier molecular flexibility index (Phi) is 15.5. The van der Waals surface area contributed by atoms with Crippen LogP contribution in [0.4, 0.5) is 0 Å². The van der Waals surface area contributed by atoms with E-state index in [9.17, 15) is 14.4 Å². The molecule has 0 bridgehead atoms. The van der Waals surface area contributed by atoms with Gasteiger partial charge in [0, 0.05) is 0 Å². The highest BCUT2D eigenvalue weighted by atomic mass is 16.5. The summed E-state index contributed by atoms with van der Waals surface area (Å²) in [7, 11) is 0. The van der Waals surface area contributed by atoms with Crippen LogP contribution < -0.4 is 5.73 Å². The van der Waals surface area contributed by atoms with E-state index < -0.39 is 23.9 Å². The lowest BCUT2D eigenvalue weighted by atomic mass is 10.1. The number of carbonyl (C=O) groups excluding carboxylic acids is 1. The fourth-order valence-corrected chi connectivity index (χ4v) is 1.48. The molecule has 10 N–H and O–H groups in total.